The Balaban J connectivity index is 2.12. The van der Waals surface area contributed by atoms with Gasteiger partial charge in [-0.05, 0) is 25.7 Å². The molecule has 0 radical (unpaired) electrons. The fraction of sp³-hybridized carbons (Fsp3) is 0.951. The van der Waals surface area contributed by atoms with Crippen molar-refractivity contribution in [3.05, 3.63) is 12.4 Å². The number of hydrogen-bond donors (Lipinski definition) is 0. The molecule has 0 saturated heterocycles. The summed E-state index contributed by atoms with van der Waals surface area (Å²) in [6, 6.07) is 0. The van der Waals surface area contributed by atoms with Crippen LogP contribution in [-0.4, -0.2) is 29.1 Å². The minimum atomic E-state index is 0.640. The van der Waals surface area contributed by atoms with E-state index in [4.69, 9.17) is 0 Å². The topological polar surface area (TPSA) is 6.48 Å². The van der Waals surface area contributed by atoms with Gasteiger partial charge < -0.3 is 9.80 Å². The average Bonchev–Trinajstić information content (AvgIpc) is 3.40. The van der Waals surface area contributed by atoms with E-state index in [1.54, 1.807) is 0 Å². The zero-order valence-corrected chi connectivity index (χ0v) is 30.4. The van der Waals surface area contributed by atoms with E-state index in [1.807, 2.05) is 0 Å². The maximum absolute atomic E-state index is 2.72. The van der Waals surface area contributed by atoms with Gasteiger partial charge in [-0.25, -0.2) is 0 Å². The van der Waals surface area contributed by atoms with Gasteiger partial charge in [-0.15, -0.1) is 0 Å². The van der Waals surface area contributed by atoms with Crippen LogP contribution in [0.1, 0.15) is 233 Å². The lowest BCUT2D eigenvalue weighted by molar-refractivity contribution is 0.135. The van der Waals surface area contributed by atoms with Gasteiger partial charge in [0.15, 0.2) is 0 Å². The zero-order valence-electron chi connectivity index (χ0n) is 30.4. The van der Waals surface area contributed by atoms with Crippen molar-refractivity contribution in [1.82, 2.24) is 9.80 Å². The normalized spacial score (nSPS) is 14.9. The molecule has 0 aromatic rings. The highest BCUT2D eigenvalue weighted by Crippen LogP contribution is 2.24. The van der Waals surface area contributed by atoms with Crippen molar-refractivity contribution in [3.8, 4) is 0 Å². The number of nitrogens with zero attached hydrogens (tertiary/aromatic N) is 2. The van der Waals surface area contributed by atoms with Gasteiger partial charge in [-0.3, -0.25) is 0 Å². The van der Waals surface area contributed by atoms with Crippen molar-refractivity contribution in [1.29, 1.82) is 0 Å². The molecule has 1 heterocycles. The lowest BCUT2D eigenvalue weighted by Crippen LogP contribution is -2.39. The molecule has 0 fully saturated rings. The Labute approximate surface area is 273 Å². The van der Waals surface area contributed by atoms with E-state index in [1.165, 1.54) is 225 Å². The predicted octanol–water partition coefficient (Wildman–Crippen LogP) is 14.3. The Morgan fingerprint density at radius 2 is 0.535 bits per heavy atom. The lowest BCUT2D eigenvalue weighted by atomic mass is 10.0. The molecular formula is C41H82N2. The third-order valence-corrected chi connectivity index (χ3v) is 10.1. The molecule has 0 aliphatic carbocycles. The van der Waals surface area contributed by atoms with Crippen LogP contribution in [0.25, 0.3) is 0 Å². The van der Waals surface area contributed by atoms with Crippen molar-refractivity contribution in [2.24, 2.45) is 0 Å². The van der Waals surface area contributed by atoms with Gasteiger partial charge in [0.25, 0.3) is 0 Å². The molecule has 0 aromatic heterocycles. The molecule has 1 aliphatic heterocycles. The maximum atomic E-state index is 2.72. The first-order valence-corrected chi connectivity index (χ1v) is 20.5. The summed E-state index contributed by atoms with van der Waals surface area (Å²) in [5.41, 5.74) is 0. The number of rotatable bonds is 35. The molecule has 1 atom stereocenters. The molecule has 0 spiro atoms. The summed E-state index contributed by atoms with van der Waals surface area (Å²) in [6.45, 7) is 9.48. The molecule has 1 unspecified atom stereocenters. The summed E-state index contributed by atoms with van der Waals surface area (Å²) in [5.74, 6) is 0. The highest BCUT2D eigenvalue weighted by atomic mass is 15.4. The van der Waals surface area contributed by atoms with Crippen LogP contribution in [0.15, 0.2) is 12.4 Å². The summed E-state index contributed by atoms with van der Waals surface area (Å²) >= 11 is 0. The zero-order chi connectivity index (χ0) is 30.9. The van der Waals surface area contributed by atoms with Gasteiger partial charge in [-0.2, -0.15) is 0 Å². The Hall–Kier alpha value is -0.660. The van der Waals surface area contributed by atoms with Crippen LogP contribution in [0, 0.1) is 0 Å². The summed E-state index contributed by atoms with van der Waals surface area (Å²) in [5, 5.41) is 0. The molecule has 2 nitrogen and oxygen atoms in total. The van der Waals surface area contributed by atoms with E-state index in [-0.39, 0.29) is 0 Å². The molecule has 0 bridgehead atoms. The fourth-order valence-corrected chi connectivity index (χ4v) is 7.07. The molecule has 0 N–H and O–H groups in total. The van der Waals surface area contributed by atoms with E-state index in [0.29, 0.717) is 6.17 Å². The highest BCUT2D eigenvalue weighted by Gasteiger charge is 2.24. The van der Waals surface area contributed by atoms with Gasteiger partial charge in [0.05, 0.1) is 0 Å². The van der Waals surface area contributed by atoms with Crippen molar-refractivity contribution >= 4 is 0 Å². The monoisotopic (exact) mass is 603 g/mol. The minimum absolute atomic E-state index is 0.640. The lowest BCUT2D eigenvalue weighted by Gasteiger charge is -2.33. The van der Waals surface area contributed by atoms with Crippen molar-refractivity contribution < 1.29 is 0 Å². The van der Waals surface area contributed by atoms with E-state index < -0.39 is 0 Å². The van der Waals surface area contributed by atoms with E-state index in [2.05, 4.69) is 43.0 Å². The van der Waals surface area contributed by atoms with Crippen LogP contribution in [0.4, 0.5) is 0 Å². The first-order valence-electron chi connectivity index (χ1n) is 20.5. The molecular weight excluding hydrogens is 520 g/mol. The van der Waals surface area contributed by atoms with Crippen molar-refractivity contribution in [2.45, 2.75) is 239 Å². The van der Waals surface area contributed by atoms with Gasteiger partial charge in [0.1, 0.15) is 6.17 Å². The number of unbranched alkanes of at least 4 members (excludes halogenated alkanes) is 29. The summed E-state index contributed by atoms with van der Waals surface area (Å²) in [7, 11) is 0. The SMILES string of the molecule is CCCCCCCCCCCCCCCCCCCN1C=CN(CCCCCCCCCC)C1CCCCCCCCC. The van der Waals surface area contributed by atoms with Crippen LogP contribution in [0.3, 0.4) is 0 Å². The second-order valence-corrected chi connectivity index (χ2v) is 14.3. The third kappa shape index (κ3) is 25.2. The average molecular weight is 603 g/mol. The van der Waals surface area contributed by atoms with Gasteiger partial charge in [0.2, 0.25) is 0 Å². The summed E-state index contributed by atoms with van der Waals surface area (Å²) in [6.07, 6.45) is 52.9. The Morgan fingerprint density at radius 3 is 0.814 bits per heavy atom. The van der Waals surface area contributed by atoms with Crippen molar-refractivity contribution in [2.75, 3.05) is 13.1 Å². The quantitative estimate of drug-likeness (QED) is 0.0666. The molecule has 0 aromatic carbocycles. The minimum Gasteiger partial charge on any atom is -0.356 e. The first kappa shape index (κ1) is 40.4. The van der Waals surface area contributed by atoms with E-state index in [0.717, 1.165) is 0 Å². The summed E-state index contributed by atoms with van der Waals surface area (Å²) < 4.78 is 0. The molecule has 0 amide bonds. The van der Waals surface area contributed by atoms with Crippen LogP contribution in [-0.2, 0) is 0 Å². The van der Waals surface area contributed by atoms with Crippen LogP contribution >= 0.6 is 0 Å². The number of hydrogen-bond acceptors (Lipinski definition) is 2. The Morgan fingerprint density at radius 1 is 0.302 bits per heavy atom. The van der Waals surface area contributed by atoms with Crippen LogP contribution < -0.4 is 0 Å². The Bertz CT molecular complexity index is 558. The highest BCUT2D eigenvalue weighted by molar-refractivity contribution is 4.97. The van der Waals surface area contributed by atoms with Crippen LogP contribution in [0.5, 0.6) is 0 Å². The van der Waals surface area contributed by atoms with Gasteiger partial charge in [-0.1, -0.05) is 207 Å². The van der Waals surface area contributed by atoms with Crippen LogP contribution in [0.2, 0.25) is 0 Å². The fourth-order valence-electron chi connectivity index (χ4n) is 7.07. The largest absolute Gasteiger partial charge is 0.356 e. The van der Waals surface area contributed by atoms with Gasteiger partial charge >= 0.3 is 0 Å². The molecule has 1 rings (SSSR count). The third-order valence-electron chi connectivity index (χ3n) is 10.1. The molecule has 43 heavy (non-hydrogen) atoms. The first-order chi connectivity index (χ1) is 21.3. The smallest absolute Gasteiger partial charge is 0.101 e. The van der Waals surface area contributed by atoms with E-state index >= 15 is 0 Å². The summed E-state index contributed by atoms with van der Waals surface area (Å²) in [4.78, 5) is 5.43. The molecule has 0 saturated carbocycles. The van der Waals surface area contributed by atoms with E-state index in [9.17, 15) is 0 Å². The second kappa shape index (κ2) is 32.7. The predicted molar refractivity (Wildman–Crippen MR) is 196 cm³/mol. The molecule has 2 heteroatoms. The Kier molecular flexibility index (Phi) is 30.7. The van der Waals surface area contributed by atoms with Gasteiger partial charge in [0, 0.05) is 25.5 Å². The standard InChI is InChI=1S/C41H82N2/c1-4-7-10-13-16-18-19-20-21-22-23-24-25-26-29-32-35-38-43-40-39-42(37-34-31-28-17-14-11-8-5-2)41(43)36-33-30-27-15-12-9-6-3/h39-41H,4-38H2,1-3H3. The molecule has 1 aliphatic rings. The maximum Gasteiger partial charge on any atom is 0.101 e. The van der Waals surface area contributed by atoms with Crippen molar-refractivity contribution in [3.63, 3.8) is 0 Å². The molecule has 256 valence electrons. The second-order valence-electron chi connectivity index (χ2n) is 14.3.